The summed E-state index contributed by atoms with van der Waals surface area (Å²) in [6, 6.07) is 3.64. The number of nitriles is 1. The van der Waals surface area contributed by atoms with Gasteiger partial charge in [0, 0.05) is 37.6 Å². The Bertz CT molecular complexity index is 839. The first kappa shape index (κ1) is 18.1. The number of aryl methyl sites for hydroxylation is 1. The Morgan fingerprint density at radius 1 is 1.28 bits per heavy atom. The number of anilines is 1. The number of nitrogens with one attached hydrogen (secondary N) is 3. The molecule has 0 spiro atoms. The van der Waals surface area contributed by atoms with Gasteiger partial charge in [-0.1, -0.05) is 0 Å². The van der Waals surface area contributed by atoms with E-state index in [9.17, 15) is 9.59 Å². The molecule has 8 heteroatoms. The molecule has 8 nitrogen and oxygen atoms in total. The molecular formula is C17H20N6O2. The number of aromatic nitrogens is 3. The van der Waals surface area contributed by atoms with Crippen molar-refractivity contribution in [1.29, 1.82) is 5.26 Å². The molecule has 2 rings (SSSR count). The zero-order chi connectivity index (χ0) is 18.2. The SMILES string of the molecule is Cc1[nH]c(=O)c(C#N)c(C)c1CCC(=O)NCCNc1ncccn1. The first-order valence-electron chi connectivity index (χ1n) is 7.93. The Labute approximate surface area is 145 Å². The molecule has 0 aliphatic heterocycles. The summed E-state index contributed by atoms with van der Waals surface area (Å²) < 4.78 is 0. The van der Waals surface area contributed by atoms with Crippen LogP contribution in [0.4, 0.5) is 5.95 Å². The molecule has 2 aromatic rings. The van der Waals surface area contributed by atoms with Gasteiger partial charge in [-0.05, 0) is 37.5 Å². The lowest BCUT2D eigenvalue weighted by Gasteiger charge is -2.11. The fraction of sp³-hybridized carbons (Fsp3) is 0.353. The first-order valence-corrected chi connectivity index (χ1v) is 7.93. The minimum absolute atomic E-state index is 0.0979. The number of aromatic amines is 1. The molecule has 0 aliphatic carbocycles. The van der Waals surface area contributed by atoms with Gasteiger partial charge in [-0.15, -0.1) is 0 Å². The van der Waals surface area contributed by atoms with Crippen molar-refractivity contribution in [1.82, 2.24) is 20.3 Å². The summed E-state index contributed by atoms with van der Waals surface area (Å²) in [6.45, 7) is 4.47. The highest BCUT2D eigenvalue weighted by molar-refractivity contribution is 5.76. The number of hydrogen-bond acceptors (Lipinski definition) is 6. The van der Waals surface area contributed by atoms with Gasteiger partial charge in [0.05, 0.1) is 0 Å². The van der Waals surface area contributed by atoms with Crippen molar-refractivity contribution in [2.24, 2.45) is 0 Å². The maximum atomic E-state index is 12.0. The summed E-state index contributed by atoms with van der Waals surface area (Å²) in [7, 11) is 0. The second-order valence-corrected chi connectivity index (χ2v) is 5.52. The molecule has 0 atom stereocenters. The summed E-state index contributed by atoms with van der Waals surface area (Å²) in [5, 5.41) is 14.9. The van der Waals surface area contributed by atoms with Crippen molar-refractivity contribution in [2.75, 3.05) is 18.4 Å². The second kappa shape index (κ2) is 8.59. The molecule has 0 unspecified atom stereocenters. The van der Waals surface area contributed by atoms with Crippen LogP contribution >= 0.6 is 0 Å². The molecule has 0 saturated heterocycles. The standard InChI is InChI=1S/C17H20N6O2/c1-11-13(12(2)23-16(25)14(11)10-18)4-5-15(24)19-8-9-22-17-20-6-3-7-21-17/h3,6-7H,4-5,8-9H2,1-2H3,(H,19,24)(H,23,25)(H,20,21,22). The van der Waals surface area contributed by atoms with Crippen molar-refractivity contribution in [2.45, 2.75) is 26.7 Å². The van der Waals surface area contributed by atoms with Crippen LogP contribution in [0.5, 0.6) is 0 Å². The molecule has 0 saturated carbocycles. The minimum atomic E-state index is -0.389. The molecule has 130 valence electrons. The Kier molecular flexibility index (Phi) is 6.23. The third-order valence-corrected chi connectivity index (χ3v) is 3.82. The monoisotopic (exact) mass is 340 g/mol. The van der Waals surface area contributed by atoms with Crippen LogP contribution in [0.1, 0.15) is 28.8 Å². The molecule has 0 fully saturated rings. The van der Waals surface area contributed by atoms with Gasteiger partial charge in [-0.3, -0.25) is 9.59 Å². The minimum Gasteiger partial charge on any atom is -0.354 e. The van der Waals surface area contributed by atoms with Gasteiger partial charge >= 0.3 is 0 Å². The van der Waals surface area contributed by atoms with Crippen LogP contribution < -0.4 is 16.2 Å². The van der Waals surface area contributed by atoms with Crippen LogP contribution in [0.15, 0.2) is 23.3 Å². The van der Waals surface area contributed by atoms with E-state index in [1.807, 2.05) is 6.07 Å². The van der Waals surface area contributed by atoms with Gasteiger partial charge in [0.1, 0.15) is 11.6 Å². The normalized spacial score (nSPS) is 10.1. The lowest BCUT2D eigenvalue weighted by atomic mass is 9.99. The van der Waals surface area contributed by atoms with Gasteiger partial charge in [-0.25, -0.2) is 9.97 Å². The number of nitrogens with zero attached hydrogens (tertiary/aromatic N) is 3. The van der Waals surface area contributed by atoms with Crippen LogP contribution in [-0.4, -0.2) is 33.9 Å². The Balaban J connectivity index is 1.82. The summed E-state index contributed by atoms with van der Waals surface area (Å²) in [5.74, 6) is 0.416. The third-order valence-electron chi connectivity index (χ3n) is 3.82. The van der Waals surface area contributed by atoms with Gasteiger partial charge in [0.25, 0.3) is 5.56 Å². The highest BCUT2D eigenvalue weighted by Gasteiger charge is 2.13. The predicted octanol–water partition coefficient (Wildman–Crippen LogP) is 0.814. The Morgan fingerprint density at radius 2 is 2.00 bits per heavy atom. The van der Waals surface area contributed by atoms with E-state index < -0.39 is 0 Å². The lowest BCUT2D eigenvalue weighted by molar-refractivity contribution is -0.120. The van der Waals surface area contributed by atoms with E-state index in [4.69, 9.17) is 5.26 Å². The molecule has 2 heterocycles. The highest BCUT2D eigenvalue weighted by atomic mass is 16.1. The number of hydrogen-bond donors (Lipinski definition) is 3. The molecule has 25 heavy (non-hydrogen) atoms. The zero-order valence-corrected chi connectivity index (χ0v) is 14.2. The van der Waals surface area contributed by atoms with Crippen LogP contribution in [0, 0.1) is 25.2 Å². The highest BCUT2D eigenvalue weighted by Crippen LogP contribution is 2.14. The molecule has 3 N–H and O–H groups in total. The number of pyridine rings is 1. The van der Waals surface area contributed by atoms with Gasteiger partial charge in [-0.2, -0.15) is 5.26 Å². The molecule has 0 radical (unpaired) electrons. The number of carbonyl (C=O) groups excluding carboxylic acids is 1. The number of H-pyrrole nitrogens is 1. The molecule has 1 amide bonds. The van der Waals surface area contributed by atoms with E-state index in [1.165, 1.54) is 0 Å². The van der Waals surface area contributed by atoms with E-state index in [2.05, 4.69) is 25.6 Å². The van der Waals surface area contributed by atoms with Crippen molar-refractivity contribution in [3.05, 3.63) is 51.2 Å². The zero-order valence-electron chi connectivity index (χ0n) is 14.2. The van der Waals surface area contributed by atoms with Crippen LogP contribution in [0.2, 0.25) is 0 Å². The largest absolute Gasteiger partial charge is 0.354 e. The van der Waals surface area contributed by atoms with Crippen molar-refractivity contribution < 1.29 is 4.79 Å². The average molecular weight is 340 g/mol. The Hall–Kier alpha value is -3.21. The smallest absolute Gasteiger partial charge is 0.266 e. The van der Waals surface area contributed by atoms with Crippen molar-refractivity contribution in [3.63, 3.8) is 0 Å². The molecule has 0 aromatic carbocycles. The summed E-state index contributed by atoms with van der Waals surface area (Å²) in [5.41, 5.74) is 1.88. The van der Waals surface area contributed by atoms with Crippen LogP contribution in [0.25, 0.3) is 0 Å². The van der Waals surface area contributed by atoms with Gasteiger partial charge < -0.3 is 15.6 Å². The molecular weight excluding hydrogens is 320 g/mol. The fourth-order valence-electron chi connectivity index (χ4n) is 2.51. The topological polar surface area (TPSA) is 124 Å². The van der Waals surface area contributed by atoms with Gasteiger partial charge in [0.15, 0.2) is 0 Å². The molecule has 2 aromatic heterocycles. The number of rotatable bonds is 7. The third kappa shape index (κ3) is 4.88. The average Bonchev–Trinajstić information content (AvgIpc) is 2.59. The number of amides is 1. The quantitative estimate of drug-likeness (QED) is 0.641. The lowest BCUT2D eigenvalue weighted by Crippen LogP contribution is -2.29. The fourth-order valence-corrected chi connectivity index (χ4v) is 2.51. The van der Waals surface area contributed by atoms with Crippen LogP contribution in [0.3, 0.4) is 0 Å². The van der Waals surface area contributed by atoms with E-state index in [1.54, 1.807) is 32.3 Å². The van der Waals surface area contributed by atoms with Crippen molar-refractivity contribution in [3.8, 4) is 6.07 Å². The molecule has 0 aliphatic rings. The van der Waals surface area contributed by atoms with Gasteiger partial charge in [0.2, 0.25) is 11.9 Å². The summed E-state index contributed by atoms with van der Waals surface area (Å²) in [6.07, 6.45) is 4.02. The maximum Gasteiger partial charge on any atom is 0.266 e. The second-order valence-electron chi connectivity index (χ2n) is 5.52. The summed E-state index contributed by atoms with van der Waals surface area (Å²) >= 11 is 0. The van der Waals surface area contributed by atoms with E-state index >= 15 is 0 Å². The summed E-state index contributed by atoms with van der Waals surface area (Å²) in [4.78, 5) is 34.4. The van der Waals surface area contributed by atoms with E-state index in [0.717, 1.165) is 5.56 Å². The number of carbonyl (C=O) groups is 1. The predicted molar refractivity (Wildman–Crippen MR) is 93.1 cm³/mol. The Morgan fingerprint density at radius 3 is 2.68 bits per heavy atom. The molecule has 0 bridgehead atoms. The van der Waals surface area contributed by atoms with Crippen molar-refractivity contribution >= 4 is 11.9 Å². The maximum absolute atomic E-state index is 12.0. The van der Waals surface area contributed by atoms with E-state index in [0.29, 0.717) is 36.7 Å². The van der Waals surface area contributed by atoms with E-state index in [-0.39, 0.29) is 23.5 Å². The van der Waals surface area contributed by atoms with Crippen LogP contribution in [-0.2, 0) is 11.2 Å². The first-order chi connectivity index (χ1) is 12.0.